The van der Waals surface area contributed by atoms with Gasteiger partial charge in [-0.2, -0.15) is 5.10 Å². The van der Waals surface area contributed by atoms with Crippen molar-refractivity contribution >= 4 is 17.2 Å². The van der Waals surface area contributed by atoms with E-state index in [0.717, 1.165) is 12.8 Å². The summed E-state index contributed by atoms with van der Waals surface area (Å²) in [5.41, 5.74) is 1.38. The first-order chi connectivity index (χ1) is 13.6. The summed E-state index contributed by atoms with van der Waals surface area (Å²) >= 11 is 0. The molecule has 1 aliphatic rings. The topological polar surface area (TPSA) is 81.3 Å². The second kappa shape index (κ2) is 7.64. The maximum atomic E-state index is 12.6. The van der Waals surface area contributed by atoms with E-state index in [0.29, 0.717) is 35.9 Å². The van der Waals surface area contributed by atoms with Gasteiger partial charge in [0, 0.05) is 42.7 Å². The van der Waals surface area contributed by atoms with Gasteiger partial charge in [0.25, 0.3) is 5.69 Å². The minimum Gasteiger partial charge on any atom is -0.366 e. The third-order valence-corrected chi connectivity index (χ3v) is 5.17. The number of aromatic nitrogens is 2. The lowest BCUT2D eigenvalue weighted by atomic mass is 10.0. The molecule has 2 aromatic carbocycles. The first kappa shape index (κ1) is 17.9. The average Bonchev–Trinajstić information content (AvgIpc) is 3.28. The van der Waals surface area contributed by atoms with E-state index in [1.807, 2.05) is 27.9 Å². The van der Waals surface area contributed by atoms with E-state index >= 15 is 0 Å². The van der Waals surface area contributed by atoms with Gasteiger partial charge in [-0.1, -0.05) is 30.3 Å². The van der Waals surface area contributed by atoms with Crippen molar-refractivity contribution in [3.63, 3.8) is 0 Å². The number of carbonyl (C=O) groups excluding carboxylic acids is 1. The van der Waals surface area contributed by atoms with E-state index in [4.69, 9.17) is 0 Å². The average molecular weight is 376 g/mol. The molecule has 1 saturated heterocycles. The van der Waals surface area contributed by atoms with Gasteiger partial charge in [0.2, 0.25) is 0 Å². The maximum Gasteiger partial charge on any atom is 0.293 e. The second-order valence-electron chi connectivity index (χ2n) is 6.86. The maximum absolute atomic E-state index is 12.6. The summed E-state index contributed by atoms with van der Waals surface area (Å²) in [4.78, 5) is 25.9. The van der Waals surface area contributed by atoms with Crippen LogP contribution in [0.25, 0.3) is 0 Å². The van der Waals surface area contributed by atoms with Gasteiger partial charge in [-0.3, -0.25) is 19.6 Å². The van der Waals surface area contributed by atoms with Gasteiger partial charge in [-0.15, -0.1) is 0 Å². The van der Waals surface area contributed by atoms with Crippen LogP contribution < -0.4 is 4.90 Å². The Bertz CT molecular complexity index is 978. The fourth-order valence-electron chi connectivity index (χ4n) is 3.70. The van der Waals surface area contributed by atoms with Crippen molar-refractivity contribution in [2.45, 2.75) is 18.9 Å². The Balaban J connectivity index is 1.56. The Morgan fingerprint density at radius 1 is 1.04 bits per heavy atom. The molecule has 0 atom stereocenters. The number of nitro benzene ring substituents is 1. The standard InChI is InChI=1S/C21H20N4O3/c26-21(16-5-2-1-3-6-16)17-7-8-19(20(15-17)25(27)28)23-13-9-18(10-14-23)24-12-4-11-22-24/h1-8,11-12,15,18H,9-10,13-14H2. The molecule has 1 fully saturated rings. The summed E-state index contributed by atoms with van der Waals surface area (Å²) in [5, 5.41) is 16.0. The van der Waals surface area contributed by atoms with Crippen LogP contribution in [0, 0.1) is 10.1 Å². The van der Waals surface area contributed by atoms with Crippen LogP contribution in [0.3, 0.4) is 0 Å². The smallest absolute Gasteiger partial charge is 0.293 e. The normalized spacial score (nSPS) is 14.8. The largest absolute Gasteiger partial charge is 0.366 e. The lowest BCUT2D eigenvalue weighted by Crippen LogP contribution is -2.35. The van der Waals surface area contributed by atoms with E-state index in [-0.39, 0.29) is 11.5 Å². The zero-order valence-corrected chi connectivity index (χ0v) is 15.3. The second-order valence-corrected chi connectivity index (χ2v) is 6.86. The summed E-state index contributed by atoms with van der Waals surface area (Å²) < 4.78 is 1.95. The number of nitro groups is 1. The molecule has 0 aliphatic carbocycles. The summed E-state index contributed by atoms with van der Waals surface area (Å²) in [6, 6.07) is 15.8. The van der Waals surface area contributed by atoms with Crippen LogP contribution in [-0.4, -0.2) is 33.6 Å². The van der Waals surface area contributed by atoms with Crippen LogP contribution in [0.1, 0.15) is 34.8 Å². The number of anilines is 1. The highest BCUT2D eigenvalue weighted by Crippen LogP contribution is 2.33. The molecule has 1 aromatic heterocycles. The van der Waals surface area contributed by atoms with Crippen molar-refractivity contribution in [2.24, 2.45) is 0 Å². The zero-order valence-electron chi connectivity index (χ0n) is 15.3. The van der Waals surface area contributed by atoms with E-state index < -0.39 is 4.92 Å². The molecular formula is C21H20N4O3. The monoisotopic (exact) mass is 376 g/mol. The van der Waals surface area contributed by atoms with E-state index in [1.54, 1.807) is 42.6 Å². The van der Waals surface area contributed by atoms with Crippen LogP contribution in [0.2, 0.25) is 0 Å². The Morgan fingerprint density at radius 2 is 1.79 bits per heavy atom. The van der Waals surface area contributed by atoms with E-state index in [1.165, 1.54) is 6.07 Å². The Labute approximate surface area is 162 Å². The van der Waals surface area contributed by atoms with Crippen molar-refractivity contribution in [2.75, 3.05) is 18.0 Å². The van der Waals surface area contributed by atoms with Gasteiger partial charge in [-0.05, 0) is 31.0 Å². The number of hydrogen-bond donors (Lipinski definition) is 0. The van der Waals surface area contributed by atoms with Gasteiger partial charge in [0.05, 0.1) is 11.0 Å². The quantitative estimate of drug-likeness (QED) is 0.384. The van der Waals surface area contributed by atoms with Gasteiger partial charge in [-0.25, -0.2) is 0 Å². The number of benzene rings is 2. The number of ketones is 1. The SMILES string of the molecule is O=C(c1ccccc1)c1ccc(N2CCC(n3cccn3)CC2)c([N+](=O)[O-])c1. The lowest BCUT2D eigenvalue weighted by Gasteiger charge is -2.33. The molecule has 2 heterocycles. The van der Waals surface area contributed by atoms with Crippen molar-refractivity contribution in [3.8, 4) is 0 Å². The van der Waals surface area contributed by atoms with Crippen LogP contribution >= 0.6 is 0 Å². The van der Waals surface area contributed by atoms with Gasteiger partial charge in [0.15, 0.2) is 5.78 Å². The van der Waals surface area contributed by atoms with E-state index in [9.17, 15) is 14.9 Å². The molecule has 28 heavy (non-hydrogen) atoms. The molecule has 0 spiro atoms. The first-order valence-electron chi connectivity index (χ1n) is 9.26. The molecule has 3 aromatic rings. The zero-order chi connectivity index (χ0) is 19.5. The number of piperidine rings is 1. The summed E-state index contributed by atoms with van der Waals surface area (Å²) in [6.07, 6.45) is 5.44. The number of rotatable bonds is 5. The molecule has 0 unspecified atom stereocenters. The number of nitrogens with zero attached hydrogens (tertiary/aromatic N) is 4. The third-order valence-electron chi connectivity index (χ3n) is 5.17. The predicted molar refractivity (Wildman–Crippen MR) is 106 cm³/mol. The van der Waals surface area contributed by atoms with Gasteiger partial charge in [0.1, 0.15) is 5.69 Å². The van der Waals surface area contributed by atoms with Gasteiger partial charge < -0.3 is 4.90 Å². The Kier molecular flexibility index (Phi) is 4.89. The van der Waals surface area contributed by atoms with Crippen LogP contribution in [0.15, 0.2) is 67.0 Å². The van der Waals surface area contributed by atoms with E-state index in [2.05, 4.69) is 5.10 Å². The lowest BCUT2D eigenvalue weighted by molar-refractivity contribution is -0.384. The Hall–Kier alpha value is -3.48. The molecular weight excluding hydrogens is 356 g/mol. The highest BCUT2D eigenvalue weighted by Gasteiger charge is 2.27. The van der Waals surface area contributed by atoms with Crippen molar-refractivity contribution in [3.05, 3.63) is 88.2 Å². The summed E-state index contributed by atoms with van der Waals surface area (Å²) in [5.74, 6) is -0.215. The fourth-order valence-corrected chi connectivity index (χ4v) is 3.70. The van der Waals surface area contributed by atoms with Gasteiger partial charge >= 0.3 is 0 Å². The molecule has 142 valence electrons. The minimum absolute atomic E-state index is 0.0284. The van der Waals surface area contributed by atoms with Crippen LogP contribution in [0.4, 0.5) is 11.4 Å². The van der Waals surface area contributed by atoms with Crippen molar-refractivity contribution in [1.82, 2.24) is 9.78 Å². The summed E-state index contributed by atoms with van der Waals surface area (Å²) in [6.45, 7) is 1.41. The summed E-state index contributed by atoms with van der Waals surface area (Å²) in [7, 11) is 0. The van der Waals surface area contributed by atoms with Crippen LogP contribution in [0.5, 0.6) is 0 Å². The third kappa shape index (κ3) is 3.51. The minimum atomic E-state index is -0.406. The molecule has 0 amide bonds. The number of hydrogen-bond acceptors (Lipinski definition) is 5. The van der Waals surface area contributed by atoms with Crippen molar-refractivity contribution in [1.29, 1.82) is 0 Å². The predicted octanol–water partition coefficient (Wildman–Crippen LogP) is 3.86. The highest BCUT2D eigenvalue weighted by molar-refractivity contribution is 6.09. The molecule has 7 heteroatoms. The molecule has 0 bridgehead atoms. The molecule has 4 rings (SSSR count). The molecule has 7 nitrogen and oxygen atoms in total. The number of carbonyl (C=O) groups is 1. The fraction of sp³-hybridized carbons (Fsp3) is 0.238. The molecule has 0 saturated carbocycles. The molecule has 1 aliphatic heterocycles. The van der Waals surface area contributed by atoms with Crippen LogP contribution in [-0.2, 0) is 0 Å². The molecule has 0 radical (unpaired) electrons. The van der Waals surface area contributed by atoms with Crippen molar-refractivity contribution < 1.29 is 9.72 Å². The first-order valence-corrected chi connectivity index (χ1v) is 9.26. The molecule has 0 N–H and O–H groups in total. The Morgan fingerprint density at radius 3 is 2.43 bits per heavy atom. The highest BCUT2D eigenvalue weighted by atomic mass is 16.6.